The van der Waals surface area contributed by atoms with Crippen molar-refractivity contribution in [3.8, 4) is 0 Å². The van der Waals surface area contributed by atoms with Gasteiger partial charge in [0.25, 0.3) is 0 Å². The number of morpholine rings is 1. The molecule has 1 atom stereocenters. The van der Waals surface area contributed by atoms with E-state index in [9.17, 15) is 0 Å². The highest BCUT2D eigenvalue weighted by Crippen LogP contribution is 2.20. The van der Waals surface area contributed by atoms with E-state index in [1.54, 1.807) is 0 Å². The second kappa shape index (κ2) is 10.4. The molecule has 0 aliphatic carbocycles. The van der Waals surface area contributed by atoms with Gasteiger partial charge < -0.3 is 10.1 Å². The van der Waals surface area contributed by atoms with E-state index in [4.69, 9.17) is 4.74 Å². The highest BCUT2D eigenvalue weighted by molar-refractivity contribution is 5.85. The lowest BCUT2D eigenvalue weighted by Crippen LogP contribution is -2.49. The van der Waals surface area contributed by atoms with Crippen molar-refractivity contribution in [2.75, 3.05) is 59.0 Å². The van der Waals surface area contributed by atoms with E-state index in [1.807, 2.05) is 18.5 Å². The number of hydrogen-bond donors (Lipinski definition) is 1. The Hall–Kier alpha value is -0.430. The van der Waals surface area contributed by atoms with Gasteiger partial charge in [-0.25, -0.2) is 0 Å². The Labute approximate surface area is 145 Å². The van der Waals surface area contributed by atoms with Gasteiger partial charge in [-0.2, -0.15) is 0 Å². The molecule has 2 aliphatic heterocycles. The number of hydrogen-bond acceptors (Lipinski definition) is 5. The Kier molecular flexibility index (Phi) is 9.24. The van der Waals surface area contributed by atoms with Crippen molar-refractivity contribution in [2.24, 2.45) is 0 Å². The monoisotopic (exact) mass is 348 g/mol. The first kappa shape index (κ1) is 19.6. The molecule has 0 aromatic carbocycles. The minimum atomic E-state index is 0. The van der Waals surface area contributed by atoms with E-state index >= 15 is 0 Å². The molecule has 22 heavy (non-hydrogen) atoms. The van der Waals surface area contributed by atoms with Gasteiger partial charge >= 0.3 is 0 Å². The Morgan fingerprint density at radius 3 is 2.73 bits per heavy atom. The summed E-state index contributed by atoms with van der Waals surface area (Å²) in [6.45, 7) is 9.40. The molecule has 0 radical (unpaired) electrons. The fourth-order valence-corrected chi connectivity index (χ4v) is 3.01. The van der Waals surface area contributed by atoms with E-state index in [-0.39, 0.29) is 24.8 Å². The molecule has 0 bridgehead atoms. The highest BCUT2D eigenvalue weighted by atomic mass is 35.5. The van der Waals surface area contributed by atoms with Crippen molar-refractivity contribution >= 4 is 24.8 Å². The van der Waals surface area contributed by atoms with Crippen LogP contribution in [0.1, 0.15) is 11.6 Å². The van der Waals surface area contributed by atoms with E-state index in [2.05, 4.69) is 26.2 Å². The van der Waals surface area contributed by atoms with Gasteiger partial charge in [-0.05, 0) is 11.6 Å². The Morgan fingerprint density at radius 1 is 1.18 bits per heavy atom. The van der Waals surface area contributed by atoms with Crippen LogP contribution in [0, 0.1) is 0 Å². The molecule has 1 aromatic rings. The van der Waals surface area contributed by atoms with E-state index in [1.165, 1.54) is 5.56 Å². The number of pyridine rings is 1. The van der Waals surface area contributed by atoms with Crippen molar-refractivity contribution in [3.63, 3.8) is 0 Å². The predicted molar refractivity (Wildman–Crippen MR) is 93.2 cm³/mol. The zero-order valence-corrected chi connectivity index (χ0v) is 14.5. The minimum absolute atomic E-state index is 0. The molecule has 3 rings (SSSR count). The fourth-order valence-electron chi connectivity index (χ4n) is 3.01. The number of piperazine rings is 1. The van der Waals surface area contributed by atoms with E-state index in [0.717, 1.165) is 59.0 Å². The van der Waals surface area contributed by atoms with E-state index in [0.29, 0.717) is 6.04 Å². The fraction of sp³-hybridized carbons (Fsp3) is 0.667. The summed E-state index contributed by atoms with van der Waals surface area (Å²) in [6, 6.07) is 4.68. The average Bonchev–Trinajstić information content (AvgIpc) is 2.55. The molecular formula is C15H26Cl2N4O. The predicted octanol–water partition coefficient (Wildman–Crippen LogP) is 1.20. The lowest BCUT2D eigenvalue weighted by Gasteiger charge is -2.38. The zero-order chi connectivity index (χ0) is 13.6. The average molecular weight is 349 g/mol. The first-order valence-electron chi connectivity index (χ1n) is 7.58. The molecular weight excluding hydrogens is 323 g/mol. The molecule has 1 N–H and O–H groups in total. The maximum atomic E-state index is 5.41. The maximum Gasteiger partial charge on any atom is 0.0594 e. The summed E-state index contributed by atoms with van der Waals surface area (Å²) in [5.74, 6) is 0. The summed E-state index contributed by atoms with van der Waals surface area (Å²) in [5, 5.41) is 3.50. The largest absolute Gasteiger partial charge is 0.379 e. The summed E-state index contributed by atoms with van der Waals surface area (Å²) in [6.07, 6.45) is 3.84. The summed E-state index contributed by atoms with van der Waals surface area (Å²) in [7, 11) is 0. The molecule has 1 unspecified atom stereocenters. The molecule has 126 valence electrons. The standard InChI is InChI=1S/C15H24N4O.2ClH/c1-2-14(12-16-3-1)15-13-17-4-5-19(15)7-6-18-8-10-20-11-9-18;;/h1-3,12,15,17H,4-11,13H2;2*1H. The normalized spacial score (nSPS) is 23.4. The third-order valence-electron chi connectivity index (χ3n) is 4.23. The van der Waals surface area contributed by atoms with Gasteiger partial charge in [-0.3, -0.25) is 14.8 Å². The van der Waals surface area contributed by atoms with Crippen molar-refractivity contribution in [1.29, 1.82) is 0 Å². The van der Waals surface area contributed by atoms with Gasteiger partial charge in [0, 0.05) is 64.2 Å². The zero-order valence-electron chi connectivity index (χ0n) is 12.8. The smallest absolute Gasteiger partial charge is 0.0594 e. The first-order chi connectivity index (χ1) is 9.93. The van der Waals surface area contributed by atoms with Crippen LogP contribution in [-0.2, 0) is 4.74 Å². The van der Waals surface area contributed by atoms with Gasteiger partial charge in [-0.1, -0.05) is 6.07 Å². The number of halogens is 2. The second-order valence-electron chi connectivity index (χ2n) is 5.50. The molecule has 5 nitrogen and oxygen atoms in total. The van der Waals surface area contributed by atoms with Crippen molar-refractivity contribution in [3.05, 3.63) is 30.1 Å². The number of nitrogens with zero attached hydrogens (tertiary/aromatic N) is 3. The minimum Gasteiger partial charge on any atom is -0.379 e. The van der Waals surface area contributed by atoms with Gasteiger partial charge in [0.1, 0.15) is 0 Å². The SMILES string of the molecule is Cl.Cl.c1cncc(C2CNCCN2CCN2CCOCC2)c1. The van der Waals surface area contributed by atoms with Gasteiger partial charge in [0.15, 0.2) is 0 Å². The van der Waals surface area contributed by atoms with Crippen molar-refractivity contribution < 1.29 is 4.74 Å². The molecule has 0 amide bonds. The van der Waals surface area contributed by atoms with Gasteiger partial charge in [-0.15, -0.1) is 24.8 Å². The lowest BCUT2D eigenvalue weighted by atomic mass is 10.1. The van der Waals surface area contributed by atoms with Crippen LogP contribution in [-0.4, -0.2) is 73.8 Å². The summed E-state index contributed by atoms with van der Waals surface area (Å²) >= 11 is 0. The number of aromatic nitrogens is 1. The lowest BCUT2D eigenvalue weighted by molar-refractivity contribution is 0.0291. The number of nitrogens with one attached hydrogen (secondary N) is 1. The maximum absolute atomic E-state index is 5.41. The topological polar surface area (TPSA) is 40.6 Å². The first-order valence-corrected chi connectivity index (χ1v) is 7.58. The van der Waals surface area contributed by atoms with Crippen LogP contribution in [0.4, 0.5) is 0 Å². The van der Waals surface area contributed by atoms with Crippen LogP contribution in [0.15, 0.2) is 24.5 Å². The molecule has 7 heteroatoms. The molecule has 1 aromatic heterocycles. The van der Waals surface area contributed by atoms with E-state index < -0.39 is 0 Å². The Balaban J connectivity index is 0.00000121. The summed E-state index contributed by atoms with van der Waals surface area (Å²) in [5.41, 5.74) is 1.32. The van der Waals surface area contributed by atoms with Gasteiger partial charge in [0.2, 0.25) is 0 Å². The molecule has 2 aliphatic rings. The highest BCUT2D eigenvalue weighted by Gasteiger charge is 2.24. The summed E-state index contributed by atoms with van der Waals surface area (Å²) in [4.78, 5) is 9.35. The van der Waals surface area contributed by atoms with Crippen molar-refractivity contribution in [1.82, 2.24) is 20.1 Å². The van der Waals surface area contributed by atoms with Crippen molar-refractivity contribution in [2.45, 2.75) is 6.04 Å². The third-order valence-corrected chi connectivity index (χ3v) is 4.23. The molecule has 0 saturated carbocycles. The molecule has 3 heterocycles. The Morgan fingerprint density at radius 2 is 2.00 bits per heavy atom. The van der Waals surface area contributed by atoms with Crippen LogP contribution < -0.4 is 5.32 Å². The molecule has 2 saturated heterocycles. The Bertz CT molecular complexity index is 404. The molecule has 2 fully saturated rings. The number of rotatable bonds is 4. The third kappa shape index (κ3) is 5.33. The van der Waals surface area contributed by atoms with Crippen LogP contribution in [0.3, 0.4) is 0 Å². The van der Waals surface area contributed by atoms with Crippen LogP contribution in [0.5, 0.6) is 0 Å². The van der Waals surface area contributed by atoms with Crippen LogP contribution in [0.25, 0.3) is 0 Å². The van der Waals surface area contributed by atoms with Gasteiger partial charge in [0.05, 0.1) is 13.2 Å². The second-order valence-corrected chi connectivity index (χ2v) is 5.50. The summed E-state index contributed by atoms with van der Waals surface area (Å²) < 4.78 is 5.41. The number of ether oxygens (including phenoxy) is 1. The quantitative estimate of drug-likeness (QED) is 0.885. The van der Waals surface area contributed by atoms with Crippen LogP contribution >= 0.6 is 24.8 Å². The molecule has 0 spiro atoms. The van der Waals surface area contributed by atoms with Crippen LogP contribution in [0.2, 0.25) is 0 Å².